The van der Waals surface area contributed by atoms with Crippen LogP contribution in [-0.4, -0.2) is 63.4 Å². The molecule has 1 aromatic carbocycles. The molecule has 0 amide bonds. The minimum Gasteiger partial charge on any atom is -0.490 e. The van der Waals surface area contributed by atoms with Crippen LogP contribution in [0.1, 0.15) is 38.3 Å². The minimum atomic E-state index is 0. The number of ether oxygens (including phenoxy) is 2. The number of nitrogens with zero attached hydrogens (tertiary/aromatic N) is 2. The smallest absolute Gasteiger partial charge is 0.191 e. The molecule has 1 aliphatic rings. The Hall–Kier alpha value is -1.06. The molecule has 6 nitrogen and oxygen atoms in total. The van der Waals surface area contributed by atoms with Crippen molar-refractivity contribution in [3.05, 3.63) is 29.3 Å². The fourth-order valence-electron chi connectivity index (χ4n) is 3.40. The Morgan fingerprint density at radius 3 is 2.59 bits per heavy atom. The third-order valence-corrected chi connectivity index (χ3v) is 4.85. The Bertz CT molecular complexity index is 619. The van der Waals surface area contributed by atoms with Crippen LogP contribution in [0.4, 0.5) is 0 Å². The van der Waals surface area contributed by atoms with Gasteiger partial charge in [-0.2, -0.15) is 0 Å². The van der Waals surface area contributed by atoms with E-state index in [1.807, 2.05) is 0 Å². The maximum atomic E-state index is 6.24. The number of rotatable bonds is 9. The van der Waals surface area contributed by atoms with E-state index in [-0.39, 0.29) is 30.1 Å². The van der Waals surface area contributed by atoms with Gasteiger partial charge in [0.1, 0.15) is 5.75 Å². The lowest BCUT2D eigenvalue weighted by Crippen LogP contribution is -2.44. The monoisotopic (exact) mass is 518 g/mol. The molecule has 1 heterocycles. The first-order valence-corrected chi connectivity index (χ1v) is 10.5. The quantitative estimate of drug-likeness (QED) is 0.298. The maximum absolute atomic E-state index is 6.24. The molecule has 1 unspecified atom stereocenters. The number of aryl methyl sites for hydroxylation is 1. The van der Waals surface area contributed by atoms with Crippen LogP contribution in [0.5, 0.6) is 5.75 Å². The number of morpholine rings is 1. The van der Waals surface area contributed by atoms with Crippen LogP contribution in [0.15, 0.2) is 23.2 Å². The van der Waals surface area contributed by atoms with Gasteiger partial charge in [-0.1, -0.05) is 26.0 Å². The summed E-state index contributed by atoms with van der Waals surface area (Å²) in [5.74, 6) is 2.40. The molecule has 0 radical (unpaired) electrons. The average molecular weight is 518 g/mol. The van der Waals surface area contributed by atoms with Crippen LogP contribution in [0.3, 0.4) is 0 Å². The number of guanidine groups is 1. The normalized spacial score (nSPS) is 16.3. The highest BCUT2D eigenvalue weighted by molar-refractivity contribution is 14.0. The highest BCUT2D eigenvalue weighted by Crippen LogP contribution is 2.23. The van der Waals surface area contributed by atoms with Crippen molar-refractivity contribution in [2.75, 3.05) is 46.4 Å². The van der Waals surface area contributed by atoms with Crippen LogP contribution >= 0.6 is 24.0 Å². The number of aliphatic imine (C=N–C) groups is 1. The summed E-state index contributed by atoms with van der Waals surface area (Å²) in [6.07, 6.45) is 1.25. The predicted molar refractivity (Wildman–Crippen MR) is 132 cm³/mol. The Kier molecular flexibility index (Phi) is 12.6. The van der Waals surface area contributed by atoms with Crippen LogP contribution in [-0.2, 0) is 11.3 Å². The number of benzene rings is 1. The average Bonchev–Trinajstić information content (AvgIpc) is 2.66. The van der Waals surface area contributed by atoms with Crippen molar-refractivity contribution < 1.29 is 9.47 Å². The SMILES string of the molecule is CN=C(NCCN1CCOCC1)NCc1ccc(C)cc1OC(C)CC(C)C.I. The van der Waals surface area contributed by atoms with E-state index >= 15 is 0 Å². The highest BCUT2D eigenvalue weighted by atomic mass is 127. The summed E-state index contributed by atoms with van der Waals surface area (Å²) in [6, 6.07) is 6.40. The van der Waals surface area contributed by atoms with Gasteiger partial charge in [-0.3, -0.25) is 9.89 Å². The molecule has 0 bridgehead atoms. The van der Waals surface area contributed by atoms with Gasteiger partial charge in [-0.25, -0.2) is 0 Å². The lowest BCUT2D eigenvalue weighted by Gasteiger charge is -2.26. The summed E-state index contributed by atoms with van der Waals surface area (Å²) >= 11 is 0. The second-order valence-electron chi connectivity index (χ2n) is 7.98. The first-order valence-electron chi connectivity index (χ1n) is 10.5. The van der Waals surface area contributed by atoms with E-state index in [2.05, 4.69) is 66.4 Å². The van der Waals surface area contributed by atoms with Crippen molar-refractivity contribution in [2.45, 2.75) is 46.8 Å². The molecule has 0 saturated carbocycles. The molecular weight excluding hydrogens is 479 g/mol. The molecule has 2 N–H and O–H groups in total. The Balaban J connectivity index is 0.00000420. The van der Waals surface area contributed by atoms with Gasteiger partial charge < -0.3 is 20.1 Å². The molecule has 166 valence electrons. The van der Waals surface area contributed by atoms with Gasteiger partial charge in [-0.15, -0.1) is 24.0 Å². The number of halogens is 1. The van der Waals surface area contributed by atoms with Gasteiger partial charge in [0.2, 0.25) is 0 Å². The summed E-state index contributed by atoms with van der Waals surface area (Å²) in [6.45, 7) is 14.9. The van der Waals surface area contributed by atoms with Gasteiger partial charge in [0.15, 0.2) is 5.96 Å². The fraction of sp³-hybridized carbons (Fsp3) is 0.682. The zero-order valence-electron chi connectivity index (χ0n) is 18.7. The molecule has 1 saturated heterocycles. The van der Waals surface area contributed by atoms with Crippen LogP contribution in [0, 0.1) is 12.8 Å². The molecule has 7 heteroatoms. The molecule has 29 heavy (non-hydrogen) atoms. The maximum Gasteiger partial charge on any atom is 0.191 e. The third kappa shape index (κ3) is 10.00. The van der Waals surface area contributed by atoms with Gasteiger partial charge >= 0.3 is 0 Å². The summed E-state index contributed by atoms with van der Waals surface area (Å²) in [7, 11) is 1.81. The van der Waals surface area contributed by atoms with Crippen LogP contribution in [0.2, 0.25) is 0 Å². The molecule has 1 fully saturated rings. The van der Waals surface area contributed by atoms with Crippen molar-refractivity contribution in [1.29, 1.82) is 0 Å². The summed E-state index contributed by atoms with van der Waals surface area (Å²) in [5, 5.41) is 6.81. The zero-order chi connectivity index (χ0) is 20.4. The topological polar surface area (TPSA) is 58.1 Å². The van der Waals surface area contributed by atoms with Crippen LogP contribution < -0.4 is 15.4 Å². The van der Waals surface area contributed by atoms with Crippen molar-refractivity contribution >= 4 is 29.9 Å². The molecular formula is C22H39IN4O2. The zero-order valence-corrected chi connectivity index (χ0v) is 21.0. The van der Waals surface area contributed by atoms with Gasteiger partial charge in [-0.05, 0) is 37.8 Å². The number of hydrogen-bond donors (Lipinski definition) is 2. The summed E-state index contributed by atoms with van der Waals surface area (Å²) in [5.41, 5.74) is 2.36. The van der Waals surface area contributed by atoms with E-state index < -0.39 is 0 Å². The molecule has 1 atom stereocenters. The Morgan fingerprint density at radius 1 is 1.21 bits per heavy atom. The van der Waals surface area contributed by atoms with Crippen molar-refractivity contribution in [3.63, 3.8) is 0 Å². The van der Waals surface area contributed by atoms with Crippen molar-refractivity contribution in [1.82, 2.24) is 15.5 Å². The van der Waals surface area contributed by atoms with E-state index in [0.717, 1.165) is 63.1 Å². The Labute approximate surface area is 193 Å². The summed E-state index contributed by atoms with van der Waals surface area (Å²) in [4.78, 5) is 6.75. The second kappa shape index (κ2) is 14.0. The lowest BCUT2D eigenvalue weighted by molar-refractivity contribution is 0.0389. The van der Waals surface area contributed by atoms with Crippen LogP contribution in [0.25, 0.3) is 0 Å². The molecule has 1 aromatic rings. The van der Waals surface area contributed by atoms with E-state index in [1.54, 1.807) is 7.05 Å². The second-order valence-corrected chi connectivity index (χ2v) is 7.98. The number of hydrogen-bond acceptors (Lipinski definition) is 4. The largest absolute Gasteiger partial charge is 0.490 e. The Morgan fingerprint density at radius 2 is 1.93 bits per heavy atom. The van der Waals surface area contributed by atoms with Crippen molar-refractivity contribution in [2.24, 2.45) is 10.9 Å². The van der Waals surface area contributed by atoms with E-state index in [4.69, 9.17) is 9.47 Å². The lowest BCUT2D eigenvalue weighted by atomic mass is 10.1. The third-order valence-electron chi connectivity index (χ3n) is 4.85. The van der Waals surface area contributed by atoms with E-state index in [9.17, 15) is 0 Å². The minimum absolute atomic E-state index is 0. The molecule has 2 rings (SSSR count). The van der Waals surface area contributed by atoms with Crippen molar-refractivity contribution in [3.8, 4) is 5.75 Å². The fourth-order valence-corrected chi connectivity index (χ4v) is 3.40. The predicted octanol–water partition coefficient (Wildman–Crippen LogP) is 3.42. The van der Waals surface area contributed by atoms with Gasteiger partial charge in [0.25, 0.3) is 0 Å². The van der Waals surface area contributed by atoms with E-state index in [0.29, 0.717) is 12.5 Å². The van der Waals surface area contributed by atoms with Gasteiger partial charge in [0.05, 0.1) is 19.3 Å². The molecule has 0 aromatic heterocycles. The summed E-state index contributed by atoms with van der Waals surface area (Å²) < 4.78 is 11.6. The molecule has 1 aliphatic heterocycles. The first-order chi connectivity index (χ1) is 13.5. The standard InChI is InChI=1S/C22H38N4O2.HI/c1-17(2)14-19(4)28-21-15-18(3)6-7-20(21)16-25-22(23-5)24-8-9-26-10-12-27-13-11-26;/h6-7,15,17,19H,8-14,16H2,1-5H3,(H2,23,24,25);1H. The molecule has 0 aliphatic carbocycles. The van der Waals surface area contributed by atoms with E-state index in [1.165, 1.54) is 5.56 Å². The molecule has 0 spiro atoms. The highest BCUT2D eigenvalue weighted by Gasteiger charge is 2.12. The van der Waals surface area contributed by atoms with Gasteiger partial charge in [0, 0.05) is 45.3 Å². The number of nitrogens with one attached hydrogen (secondary N) is 2. The first kappa shape index (κ1) is 26.0.